The first-order valence-corrected chi connectivity index (χ1v) is 8.52. The number of rotatable bonds is 10. The second kappa shape index (κ2) is 9.22. The minimum absolute atomic E-state index is 0.456. The Kier molecular flexibility index (Phi) is 7.97. The summed E-state index contributed by atoms with van der Waals surface area (Å²) in [5.74, 6) is 0. The van der Waals surface area contributed by atoms with E-state index in [4.69, 9.17) is 22.4 Å². The molecule has 0 aromatic heterocycles. The highest BCUT2D eigenvalue weighted by atomic mass is 28.4. The van der Waals surface area contributed by atoms with E-state index in [1.807, 2.05) is 51.1 Å². The standard InChI is InChI=1S/C14H24O5Si/c1-5-16-20(17-6-2,18-7-3)19-14(15-4)13-11-9-8-10-12-13/h8-12,14H,5-7H2,1-4H3. The summed E-state index contributed by atoms with van der Waals surface area (Å²) in [4.78, 5) is 0. The average molecular weight is 300 g/mol. The van der Waals surface area contributed by atoms with Gasteiger partial charge in [0.1, 0.15) is 0 Å². The molecule has 0 N–H and O–H groups in total. The zero-order valence-corrected chi connectivity index (χ0v) is 13.6. The second-order valence-electron chi connectivity index (χ2n) is 3.90. The highest BCUT2D eigenvalue weighted by Gasteiger charge is 2.47. The van der Waals surface area contributed by atoms with Gasteiger partial charge in [0.25, 0.3) is 0 Å². The molecule has 0 spiro atoms. The maximum Gasteiger partial charge on any atom is 0.681 e. The van der Waals surface area contributed by atoms with E-state index in [2.05, 4.69) is 0 Å². The molecule has 0 aliphatic rings. The van der Waals surface area contributed by atoms with E-state index in [1.165, 1.54) is 0 Å². The molecule has 0 heterocycles. The van der Waals surface area contributed by atoms with Crippen molar-refractivity contribution >= 4 is 9.05 Å². The summed E-state index contributed by atoms with van der Waals surface area (Å²) in [5, 5.41) is 0. The molecule has 114 valence electrons. The van der Waals surface area contributed by atoms with Crippen LogP contribution in [0.15, 0.2) is 30.3 Å². The van der Waals surface area contributed by atoms with Crippen molar-refractivity contribution in [2.45, 2.75) is 27.1 Å². The van der Waals surface area contributed by atoms with Crippen molar-refractivity contribution in [2.75, 3.05) is 26.9 Å². The van der Waals surface area contributed by atoms with Gasteiger partial charge in [-0.15, -0.1) is 0 Å². The molecule has 0 saturated heterocycles. The topological polar surface area (TPSA) is 46.2 Å². The SMILES string of the molecule is CCO[Si](OCC)(OCC)OC(OC)c1ccccc1. The summed E-state index contributed by atoms with van der Waals surface area (Å²) in [7, 11) is -1.60. The Morgan fingerprint density at radius 2 is 1.40 bits per heavy atom. The molecule has 0 fully saturated rings. The van der Waals surface area contributed by atoms with Gasteiger partial charge in [-0.05, 0) is 20.8 Å². The maximum atomic E-state index is 5.94. The van der Waals surface area contributed by atoms with E-state index in [-0.39, 0.29) is 0 Å². The van der Waals surface area contributed by atoms with Gasteiger partial charge in [-0.1, -0.05) is 30.3 Å². The van der Waals surface area contributed by atoms with Gasteiger partial charge in [-0.2, -0.15) is 0 Å². The lowest BCUT2D eigenvalue weighted by atomic mass is 10.2. The molecule has 1 atom stereocenters. The largest absolute Gasteiger partial charge is 0.681 e. The average Bonchev–Trinajstić information content (AvgIpc) is 2.46. The Morgan fingerprint density at radius 1 is 0.900 bits per heavy atom. The molecule has 1 rings (SSSR count). The second-order valence-corrected chi connectivity index (χ2v) is 6.00. The van der Waals surface area contributed by atoms with Gasteiger partial charge in [-0.25, -0.2) is 0 Å². The van der Waals surface area contributed by atoms with E-state index in [0.29, 0.717) is 19.8 Å². The molecular formula is C14H24O5Si. The zero-order chi connectivity index (χ0) is 14.8. The summed E-state index contributed by atoms with van der Waals surface area (Å²) in [6.45, 7) is 7.01. The highest BCUT2D eigenvalue weighted by molar-refractivity contribution is 6.53. The van der Waals surface area contributed by atoms with Gasteiger partial charge in [0.2, 0.25) is 0 Å². The lowest BCUT2D eigenvalue weighted by molar-refractivity contribution is -0.138. The van der Waals surface area contributed by atoms with E-state index in [1.54, 1.807) is 7.11 Å². The molecule has 1 aromatic carbocycles. The van der Waals surface area contributed by atoms with Crippen LogP contribution in [-0.2, 0) is 22.4 Å². The van der Waals surface area contributed by atoms with Gasteiger partial charge in [-0.3, -0.25) is 0 Å². The Morgan fingerprint density at radius 3 is 1.80 bits per heavy atom. The van der Waals surface area contributed by atoms with Gasteiger partial charge in [0.15, 0.2) is 6.29 Å². The van der Waals surface area contributed by atoms with Crippen LogP contribution < -0.4 is 0 Å². The lowest BCUT2D eigenvalue weighted by Gasteiger charge is -2.30. The van der Waals surface area contributed by atoms with Crippen LogP contribution in [-0.4, -0.2) is 36.0 Å². The number of benzene rings is 1. The fourth-order valence-electron chi connectivity index (χ4n) is 1.75. The van der Waals surface area contributed by atoms with Crippen LogP contribution in [0.25, 0.3) is 0 Å². The normalized spacial score (nSPS) is 13.4. The van der Waals surface area contributed by atoms with E-state index >= 15 is 0 Å². The number of hydrogen-bond acceptors (Lipinski definition) is 5. The van der Waals surface area contributed by atoms with Crippen molar-refractivity contribution in [1.29, 1.82) is 0 Å². The Bertz CT molecular complexity index is 343. The van der Waals surface area contributed by atoms with Gasteiger partial charge in [0.05, 0.1) is 0 Å². The molecule has 1 unspecified atom stereocenters. The third kappa shape index (κ3) is 4.97. The third-order valence-electron chi connectivity index (χ3n) is 2.50. The van der Waals surface area contributed by atoms with Crippen LogP contribution in [0.1, 0.15) is 32.6 Å². The summed E-state index contributed by atoms with van der Waals surface area (Å²) in [6.07, 6.45) is -0.576. The lowest BCUT2D eigenvalue weighted by Crippen LogP contribution is -2.50. The molecule has 0 aliphatic heterocycles. The molecule has 6 heteroatoms. The van der Waals surface area contributed by atoms with Crippen LogP contribution in [0.3, 0.4) is 0 Å². The van der Waals surface area contributed by atoms with Crippen molar-refractivity contribution in [3.8, 4) is 0 Å². The van der Waals surface area contributed by atoms with Crippen molar-refractivity contribution in [2.24, 2.45) is 0 Å². The quantitative estimate of drug-likeness (QED) is 0.491. The molecule has 0 saturated carbocycles. The highest BCUT2D eigenvalue weighted by Crippen LogP contribution is 2.25. The van der Waals surface area contributed by atoms with Gasteiger partial charge >= 0.3 is 9.05 Å². The summed E-state index contributed by atoms with van der Waals surface area (Å²) < 4.78 is 28.3. The molecule has 1 aromatic rings. The molecular weight excluding hydrogens is 276 g/mol. The van der Waals surface area contributed by atoms with Crippen LogP contribution in [0.5, 0.6) is 0 Å². The van der Waals surface area contributed by atoms with Crippen LogP contribution >= 0.6 is 0 Å². The molecule has 0 amide bonds. The number of hydrogen-bond donors (Lipinski definition) is 0. The van der Waals surface area contributed by atoms with Crippen LogP contribution in [0.2, 0.25) is 0 Å². The van der Waals surface area contributed by atoms with Crippen molar-refractivity contribution < 1.29 is 22.4 Å². The first kappa shape index (κ1) is 17.3. The Balaban J connectivity index is 2.89. The summed E-state index contributed by atoms with van der Waals surface area (Å²) in [5.41, 5.74) is 0.894. The molecule has 0 radical (unpaired) electrons. The maximum absolute atomic E-state index is 5.94. The van der Waals surface area contributed by atoms with E-state index < -0.39 is 15.3 Å². The zero-order valence-electron chi connectivity index (χ0n) is 12.6. The first-order chi connectivity index (χ1) is 9.71. The summed E-state index contributed by atoms with van der Waals surface area (Å²) in [6, 6.07) is 9.65. The number of ether oxygens (including phenoxy) is 1. The molecule has 0 aliphatic carbocycles. The van der Waals surface area contributed by atoms with E-state index in [0.717, 1.165) is 5.56 Å². The van der Waals surface area contributed by atoms with Crippen LogP contribution in [0.4, 0.5) is 0 Å². The van der Waals surface area contributed by atoms with Gasteiger partial charge in [0, 0.05) is 32.5 Å². The molecule has 20 heavy (non-hydrogen) atoms. The first-order valence-electron chi connectivity index (χ1n) is 6.88. The van der Waals surface area contributed by atoms with Crippen molar-refractivity contribution in [3.63, 3.8) is 0 Å². The monoisotopic (exact) mass is 300 g/mol. The van der Waals surface area contributed by atoms with Crippen molar-refractivity contribution in [1.82, 2.24) is 0 Å². The molecule has 5 nitrogen and oxygen atoms in total. The Hall–Kier alpha value is -0.763. The fourth-order valence-corrected chi connectivity index (χ4v) is 3.76. The third-order valence-corrected chi connectivity index (χ3v) is 4.93. The minimum atomic E-state index is -3.19. The fraction of sp³-hybridized carbons (Fsp3) is 0.571. The van der Waals surface area contributed by atoms with Gasteiger partial charge < -0.3 is 22.4 Å². The van der Waals surface area contributed by atoms with E-state index in [9.17, 15) is 0 Å². The number of methoxy groups -OCH3 is 1. The summed E-state index contributed by atoms with van der Waals surface area (Å²) >= 11 is 0. The molecule has 0 bridgehead atoms. The van der Waals surface area contributed by atoms with Crippen molar-refractivity contribution in [3.05, 3.63) is 35.9 Å². The smallest absolute Gasteiger partial charge is 0.352 e. The predicted octanol–water partition coefficient (Wildman–Crippen LogP) is 2.89. The van der Waals surface area contributed by atoms with Crippen LogP contribution in [0, 0.1) is 0 Å². The minimum Gasteiger partial charge on any atom is -0.352 e. The Labute approximate surface area is 122 Å². The predicted molar refractivity (Wildman–Crippen MR) is 77.9 cm³/mol.